The van der Waals surface area contributed by atoms with E-state index in [0.717, 1.165) is 19.3 Å². The predicted molar refractivity (Wildman–Crippen MR) is 79.1 cm³/mol. The summed E-state index contributed by atoms with van der Waals surface area (Å²) in [4.78, 5) is 23.2. The standard InChI is InChI=1S/C17H26O2/c1-3-4-5-6-7-8-9-10-11-15-13-16(18)12-14(2)17(15)19/h12-13H,3-11H2,1-2H3. The molecule has 0 heterocycles. The van der Waals surface area contributed by atoms with E-state index in [0.29, 0.717) is 11.1 Å². The van der Waals surface area contributed by atoms with Crippen molar-refractivity contribution < 1.29 is 9.59 Å². The van der Waals surface area contributed by atoms with E-state index in [9.17, 15) is 9.59 Å². The van der Waals surface area contributed by atoms with Gasteiger partial charge in [-0.15, -0.1) is 0 Å². The number of hydrogen-bond donors (Lipinski definition) is 0. The number of rotatable bonds is 9. The molecule has 0 saturated heterocycles. The van der Waals surface area contributed by atoms with Crippen LogP contribution in [0.1, 0.15) is 71.6 Å². The molecule has 2 heteroatoms. The second-order valence-electron chi connectivity index (χ2n) is 5.45. The highest BCUT2D eigenvalue weighted by atomic mass is 16.1. The first-order valence-electron chi connectivity index (χ1n) is 7.62. The Balaban J connectivity index is 2.13. The van der Waals surface area contributed by atoms with Crippen molar-refractivity contribution in [2.24, 2.45) is 0 Å². The van der Waals surface area contributed by atoms with Gasteiger partial charge in [0.1, 0.15) is 0 Å². The molecule has 0 fully saturated rings. The maximum atomic E-state index is 11.8. The Hall–Kier alpha value is -1.18. The van der Waals surface area contributed by atoms with Gasteiger partial charge in [0.2, 0.25) is 0 Å². The van der Waals surface area contributed by atoms with E-state index in [1.54, 1.807) is 6.92 Å². The molecule has 1 aliphatic carbocycles. The van der Waals surface area contributed by atoms with Crippen LogP contribution in [0.3, 0.4) is 0 Å². The second kappa shape index (κ2) is 8.84. The monoisotopic (exact) mass is 262 g/mol. The third kappa shape index (κ3) is 6.00. The van der Waals surface area contributed by atoms with Crippen molar-refractivity contribution in [3.8, 4) is 0 Å². The number of carbonyl (C=O) groups is 2. The van der Waals surface area contributed by atoms with Crippen LogP contribution < -0.4 is 0 Å². The molecule has 0 aliphatic heterocycles. The van der Waals surface area contributed by atoms with Crippen LogP contribution in [0.25, 0.3) is 0 Å². The number of Topliss-reactive ketones (excluding diaryl/α,β-unsaturated/α-hetero) is 1. The van der Waals surface area contributed by atoms with Crippen LogP contribution in [0.15, 0.2) is 23.3 Å². The van der Waals surface area contributed by atoms with Crippen LogP contribution in [-0.4, -0.2) is 11.6 Å². The van der Waals surface area contributed by atoms with Gasteiger partial charge in [0.15, 0.2) is 11.6 Å². The van der Waals surface area contributed by atoms with Crippen LogP contribution >= 0.6 is 0 Å². The van der Waals surface area contributed by atoms with E-state index in [-0.39, 0.29) is 11.6 Å². The van der Waals surface area contributed by atoms with Crippen LogP contribution in [0.2, 0.25) is 0 Å². The molecule has 0 bridgehead atoms. The summed E-state index contributed by atoms with van der Waals surface area (Å²) in [6.45, 7) is 3.95. The highest BCUT2D eigenvalue weighted by Crippen LogP contribution is 2.19. The Kier molecular flexibility index (Phi) is 7.39. The predicted octanol–water partition coefficient (Wildman–Crippen LogP) is 4.54. The van der Waals surface area contributed by atoms with E-state index < -0.39 is 0 Å². The molecule has 0 radical (unpaired) electrons. The Bertz CT molecular complexity index is 375. The molecule has 1 aliphatic rings. The lowest BCUT2D eigenvalue weighted by atomic mass is 9.93. The van der Waals surface area contributed by atoms with Gasteiger partial charge in [0.25, 0.3) is 0 Å². The number of ketones is 2. The fraction of sp³-hybridized carbons (Fsp3) is 0.647. The van der Waals surface area contributed by atoms with E-state index in [1.807, 2.05) is 0 Å². The van der Waals surface area contributed by atoms with Gasteiger partial charge in [-0.05, 0) is 31.9 Å². The third-order valence-electron chi connectivity index (χ3n) is 3.62. The summed E-state index contributed by atoms with van der Waals surface area (Å²) < 4.78 is 0. The molecule has 106 valence electrons. The van der Waals surface area contributed by atoms with Crippen LogP contribution in [0, 0.1) is 0 Å². The minimum atomic E-state index is -0.0355. The zero-order chi connectivity index (χ0) is 14.1. The van der Waals surface area contributed by atoms with E-state index in [4.69, 9.17) is 0 Å². The van der Waals surface area contributed by atoms with Gasteiger partial charge >= 0.3 is 0 Å². The summed E-state index contributed by atoms with van der Waals surface area (Å²) in [5.74, 6) is 0.0224. The molecule has 0 aromatic heterocycles. The molecule has 0 unspecified atom stereocenters. The number of allylic oxidation sites excluding steroid dienone is 4. The number of hydrogen-bond acceptors (Lipinski definition) is 2. The zero-order valence-corrected chi connectivity index (χ0v) is 12.3. The first-order chi connectivity index (χ1) is 9.15. The summed E-state index contributed by atoms with van der Waals surface area (Å²) in [5.41, 5.74) is 1.29. The van der Waals surface area contributed by atoms with Crippen molar-refractivity contribution in [1.82, 2.24) is 0 Å². The van der Waals surface area contributed by atoms with Crippen molar-refractivity contribution in [3.63, 3.8) is 0 Å². The van der Waals surface area contributed by atoms with Crippen molar-refractivity contribution in [2.75, 3.05) is 0 Å². The summed E-state index contributed by atoms with van der Waals surface area (Å²) in [6, 6.07) is 0. The highest BCUT2D eigenvalue weighted by molar-refractivity contribution is 6.19. The van der Waals surface area contributed by atoms with Crippen molar-refractivity contribution >= 4 is 11.6 Å². The highest BCUT2D eigenvalue weighted by Gasteiger charge is 2.17. The molecular weight excluding hydrogens is 236 g/mol. The fourth-order valence-corrected chi connectivity index (χ4v) is 2.45. The lowest BCUT2D eigenvalue weighted by Gasteiger charge is -2.10. The largest absolute Gasteiger partial charge is 0.290 e. The number of carbonyl (C=O) groups excluding carboxylic acids is 2. The first kappa shape index (κ1) is 15.9. The Morgan fingerprint density at radius 1 is 0.842 bits per heavy atom. The third-order valence-corrected chi connectivity index (χ3v) is 3.62. The molecule has 1 rings (SSSR count). The SMILES string of the molecule is CCCCCCCCCCC1=CC(=O)C=C(C)C1=O. The van der Waals surface area contributed by atoms with Crippen LogP contribution in [0.4, 0.5) is 0 Å². The van der Waals surface area contributed by atoms with Gasteiger partial charge < -0.3 is 0 Å². The topological polar surface area (TPSA) is 34.1 Å². The minimum Gasteiger partial charge on any atom is -0.290 e. The van der Waals surface area contributed by atoms with Gasteiger partial charge in [0, 0.05) is 11.1 Å². The summed E-state index contributed by atoms with van der Waals surface area (Å²) in [6.07, 6.45) is 13.7. The lowest BCUT2D eigenvalue weighted by Crippen LogP contribution is -2.12. The Morgan fingerprint density at radius 3 is 2.05 bits per heavy atom. The van der Waals surface area contributed by atoms with Gasteiger partial charge in [-0.3, -0.25) is 9.59 Å². The van der Waals surface area contributed by atoms with Gasteiger partial charge in [0.05, 0.1) is 0 Å². The average Bonchev–Trinajstić information content (AvgIpc) is 2.38. The molecule has 0 amide bonds. The quantitative estimate of drug-likeness (QED) is 0.451. The van der Waals surface area contributed by atoms with Crippen molar-refractivity contribution in [1.29, 1.82) is 0 Å². The molecule has 0 spiro atoms. The molecule has 0 saturated carbocycles. The molecule has 0 aromatic rings. The molecule has 0 N–H and O–H groups in total. The average molecular weight is 262 g/mol. The summed E-state index contributed by atoms with van der Waals surface area (Å²) >= 11 is 0. The normalized spacial score (nSPS) is 15.5. The van der Waals surface area contributed by atoms with Crippen LogP contribution in [-0.2, 0) is 9.59 Å². The summed E-state index contributed by atoms with van der Waals surface area (Å²) in [7, 11) is 0. The Labute approximate surface area is 117 Å². The smallest absolute Gasteiger partial charge is 0.184 e. The van der Waals surface area contributed by atoms with E-state index in [2.05, 4.69) is 6.92 Å². The van der Waals surface area contributed by atoms with Crippen molar-refractivity contribution in [2.45, 2.75) is 71.6 Å². The second-order valence-corrected chi connectivity index (χ2v) is 5.45. The Morgan fingerprint density at radius 2 is 1.42 bits per heavy atom. The van der Waals surface area contributed by atoms with Gasteiger partial charge in [-0.25, -0.2) is 0 Å². The molecule has 0 atom stereocenters. The molecular formula is C17H26O2. The maximum Gasteiger partial charge on any atom is 0.184 e. The lowest BCUT2D eigenvalue weighted by molar-refractivity contribution is -0.115. The number of unbranched alkanes of at least 4 members (excludes halogenated alkanes) is 7. The first-order valence-corrected chi connectivity index (χ1v) is 7.62. The molecule has 19 heavy (non-hydrogen) atoms. The molecule has 0 aromatic carbocycles. The van der Waals surface area contributed by atoms with E-state index >= 15 is 0 Å². The molecule has 2 nitrogen and oxygen atoms in total. The summed E-state index contributed by atoms with van der Waals surface area (Å²) in [5, 5.41) is 0. The van der Waals surface area contributed by atoms with Crippen molar-refractivity contribution in [3.05, 3.63) is 23.3 Å². The van der Waals surface area contributed by atoms with Gasteiger partial charge in [-0.2, -0.15) is 0 Å². The maximum absolute atomic E-state index is 11.8. The van der Waals surface area contributed by atoms with Gasteiger partial charge in [-0.1, -0.05) is 51.9 Å². The zero-order valence-electron chi connectivity index (χ0n) is 12.3. The minimum absolute atomic E-state index is 0.0355. The van der Waals surface area contributed by atoms with E-state index in [1.165, 1.54) is 50.7 Å². The fourth-order valence-electron chi connectivity index (χ4n) is 2.45. The van der Waals surface area contributed by atoms with Crippen LogP contribution in [0.5, 0.6) is 0 Å².